The maximum atomic E-state index is 13.1. The van der Waals surface area contributed by atoms with Gasteiger partial charge in [0.25, 0.3) is 0 Å². The predicted molar refractivity (Wildman–Crippen MR) is 99.1 cm³/mol. The quantitative estimate of drug-likeness (QED) is 0.572. The average molecular weight is 354 g/mol. The van der Waals surface area contributed by atoms with Crippen molar-refractivity contribution in [2.75, 3.05) is 0 Å². The minimum atomic E-state index is -3.84. The SMILES string of the molecule is O=C(/C(=C/C1CCCCC1)S(=O)(=O)c1ccccc1)c1ccccc1. The normalized spacial score (nSPS) is 16.6. The molecule has 1 aliphatic carbocycles. The molecule has 130 valence electrons. The zero-order chi connectivity index (χ0) is 17.7. The van der Waals surface area contributed by atoms with Gasteiger partial charge in [-0.15, -0.1) is 0 Å². The van der Waals surface area contributed by atoms with Crippen molar-refractivity contribution in [1.29, 1.82) is 0 Å². The molecular weight excluding hydrogens is 332 g/mol. The predicted octanol–water partition coefficient (Wildman–Crippen LogP) is 4.81. The molecule has 2 aromatic rings. The summed E-state index contributed by atoms with van der Waals surface area (Å²) in [6.07, 6.45) is 6.93. The molecule has 2 aromatic carbocycles. The van der Waals surface area contributed by atoms with Crippen LogP contribution < -0.4 is 0 Å². The highest BCUT2D eigenvalue weighted by atomic mass is 32.2. The highest BCUT2D eigenvalue weighted by Crippen LogP contribution is 2.30. The van der Waals surface area contributed by atoms with Gasteiger partial charge in [0, 0.05) is 5.56 Å². The van der Waals surface area contributed by atoms with Gasteiger partial charge in [-0.2, -0.15) is 0 Å². The van der Waals surface area contributed by atoms with Crippen LogP contribution in [0.15, 0.2) is 76.5 Å². The first kappa shape index (κ1) is 17.6. The first-order valence-corrected chi connectivity index (χ1v) is 10.2. The zero-order valence-electron chi connectivity index (χ0n) is 14.1. The number of benzene rings is 2. The van der Waals surface area contributed by atoms with Crippen molar-refractivity contribution in [1.82, 2.24) is 0 Å². The van der Waals surface area contributed by atoms with E-state index < -0.39 is 15.6 Å². The number of sulfone groups is 1. The van der Waals surface area contributed by atoms with E-state index >= 15 is 0 Å². The largest absolute Gasteiger partial charge is 0.288 e. The van der Waals surface area contributed by atoms with E-state index in [-0.39, 0.29) is 15.7 Å². The molecule has 3 nitrogen and oxygen atoms in total. The van der Waals surface area contributed by atoms with Crippen LogP contribution in [0.25, 0.3) is 0 Å². The molecule has 0 unspecified atom stereocenters. The van der Waals surface area contributed by atoms with E-state index in [9.17, 15) is 13.2 Å². The molecule has 0 saturated heterocycles. The van der Waals surface area contributed by atoms with Gasteiger partial charge < -0.3 is 0 Å². The van der Waals surface area contributed by atoms with Crippen molar-refractivity contribution in [2.45, 2.75) is 37.0 Å². The standard InChI is InChI=1S/C21H22O3S/c22-21(18-12-6-2-7-13-18)20(16-17-10-4-1-5-11-17)25(23,24)19-14-8-3-9-15-19/h2-3,6-9,12-17H,1,4-5,10-11H2/b20-16-. The molecule has 1 aliphatic rings. The van der Waals surface area contributed by atoms with Crippen molar-refractivity contribution in [3.8, 4) is 0 Å². The molecule has 0 spiro atoms. The third kappa shape index (κ3) is 4.07. The molecule has 0 N–H and O–H groups in total. The Balaban J connectivity index is 2.06. The van der Waals surface area contributed by atoms with Gasteiger partial charge in [0.15, 0.2) is 0 Å². The summed E-state index contributed by atoms with van der Waals surface area (Å²) in [6.45, 7) is 0. The fourth-order valence-corrected chi connectivity index (χ4v) is 4.76. The Bertz CT molecular complexity index is 847. The second kappa shape index (κ2) is 7.79. The van der Waals surface area contributed by atoms with E-state index in [1.54, 1.807) is 60.7 Å². The average Bonchev–Trinajstić information content (AvgIpc) is 2.67. The van der Waals surface area contributed by atoms with Crippen LogP contribution in [-0.2, 0) is 9.84 Å². The minimum Gasteiger partial charge on any atom is -0.288 e. The van der Waals surface area contributed by atoms with Crippen LogP contribution in [0, 0.1) is 5.92 Å². The summed E-state index contributed by atoms with van der Waals surface area (Å²) in [5, 5.41) is 0. The Morgan fingerprint density at radius 1 is 0.840 bits per heavy atom. The van der Waals surface area contributed by atoms with Crippen LogP contribution in [-0.4, -0.2) is 14.2 Å². The number of carbonyl (C=O) groups is 1. The Labute approximate surface area is 149 Å². The summed E-state index contributed by atoms with van der Waals surface area (Å²) < 4.78 is 26.3. The van der Waals surface area contributed by atoms with E-state index in [4.69, 9.17) is 0 Å². The van der Waals surface area contributed by atoms with Crippen molar-refractivity contribution in [2.24, 2.45) is 5.92 Å². The smallest absolute Gasteiger partial charge is 0.210 e. The first-order valence-electron chi connectivity index (χ1n) is 8.71. The van der Waals surface area contributed by atoms with Crippen molar-refractivity contribution < 1.29 is 13.2 Å². The fourth-order valence-electron chi connectivity index (χ4n) is 3.26. The summed E-state index contributed by atoms with van der Waals surface area (Å²) in [5.41, 5.74) is 0.407. The van der Waals surface area contributed by atoms with Crippen molar-refractivity contribution >= 4 is 15.6 Å². The Hall–Kier alpha value is -2.20. The highest BCUT2D eigenvalue weighted by Gasteiger charge is 2.29. The molecule has 0 aromatic heterocycles. The molecular formula is C21H22O3S. The maximum Gasteiger partial charge on any atom is 0.210 e. The minimum absolute atomic E-state index is 0.0863. The zero-order valence-corrected chi connectivity index (χ0v) is 14.9. The van der Waals surface area contributed by atoms with Gasteiger partial charge >= 0.3 is 0 Å². The number of ketones is 1. The molecule has 0 aliphatic heterocycles. The molecule has 0 radical (unpaired) electrons. The number of Topliss-reactive ketones (excluding diaryl/α,β-unsaturated/α-hetero) is 1. The lowest BCUT2D eigenvalue weighted by Gasteiger charge is -2.19. The number of allylic oxidation sites excluding steroid dienone is 2. The lowest BCUT2D eigenvalue weighted by Crippen LogP contribution is -2.17. The highest BCUT2D eigenvalue weighted by molar-refractivity contribution is 7.96. The number of hydrogen-bond donors (Lipinski definition) is 0. The van der Waals surface area contributed by atoms with E-state index in [1.807, 2.05) is 6.07 Å². The second-order valence-electron chi connectivity index (χ2n) is 6.44. The van der Waals surface area contributed by atoms with Gasteiger partial charge in [0.05, 0.1) is 4.90 Å². The fraction of sp³-hybridized carbons (Fsp3) is 0.286. The van der Waals surface area contributed by atoms with Gasteiger partial charge in [0.2, 0.25) is 15.6 Å². The molecule has 0 atom stereocenters. The molecule has 0 heterocycles. The molecule has 0 bridgehead atoms. The van der Waals surface area contributed by atoms with Gasteiger partial charge in [-0.1, -0.05) is 73.9 Å². The summed E-state index contributed by atoms with van der Waals surface area (Å²) >= 11 is 0. The van der Waals surface area contributed by atoms with Gasteiger partial charge in [-0.3, -0.25) is 4.79 Å². The van der Waals surface area contributed by atoms with Gasteiger partial charge in [-0.25, -0.2) is 8.42 Å². The molecule has 3 rings (SSSR count). The monoisotopic (exact) mass is 354 g/mol. The van der Waals surface area contributed by atoms with Crippen LogP contribution >= 0.6 is 0 Å². The molecule has 25 heavy (non-hydrogen) atoms. The van der Waals surface area contributed by atoms with E-state index in [0.717, 1.165) is 25.7 Å². The third-order valence-corrected chi connectivity index (χ3v) is 6.43. The van der Waals surface area contributed by atoms with Crippen LogP contribution in [0.1, 0.15) is 42.5 Å². The third-order valence-electron chi connectivity index (χ3n) is 4.64. The molecule has 1 fully saturated rings. The lowest BCUT2D eigenvalue weighted by molar-refractivity contribution is 0.104. The number of hydrogen-bond acceptors (Lipinski definition) is 3. The summed E-state index contributed by atoms with van der Waals surface area (Å²) in [4.78, 5) is 13.1. The second-order valence-corrected chi connectivity index (χ2v) is 8.36. The Kier molecular flexibility index (Phi) is 5.49. The van der Waals surface area contributed by atoms with Crippen LogP contribution in [0.4, 0.5) is 0 Å². The van der Waals surface area contributed by atoms with Gasteiger partial charge in [-0.05, 0) is 30.9 Å². The molecule has 4 heteroatoms. The lowest BCUT2D eigenvalue weighted by atomic mass is 9.88. The molecule has 1 saturated carbocycles. The Morgan fingerprint density at radius 2 is 1.40 bits per heavy atom. The van der Waals surface area contributed by atoms with Crippen LogP contribution in [0.5, 0.6) is 0 Å². The Morgan fingerprint density at radius 3 is 2.00 bits per heavy atom. The summed E-state index contributed by atoms with van der Waals surface area (Å²) in [5.74, 6) is -0.273. The first-order chi connectivity index (χ1) is 12.1. The van der Waals surface area contributed by atoms with E-state index in [0.29, 0.717) is 5.56 Å². The molecule has 0 amide bonds. The van der Waals surface area contributed by atoms with Crippen molar-refractivity contribution in [3.05, 3.63) is 77.2 Å². The number of rotatable bonds is 5. The maximum absolute atomic E-state index is 13.1. The topological polar surface area (TPSA) is 51.2 Å². The summed E-state index contributed by atoms with van der Waals surface area (Å²) in [6, 6.07) is 16.9. The van der Waals surface area contributed by atoms with Crippen molar-refractivity contribution in [3.63, 3.8) is 0 Å². The van der Waals surface area contributed by atoms with Crippen LogP contribution in [0.2, 0.25) is 0 Å². The van der Waals surface area contributed by atoms with E-state index in [2.05, 4.69) is 0 Å². The number of carbonyl (C=O) groups excluding carboxylic acids is 1. The van der Waals surface area contributed by atoms with E-state index in [1.165, 1.54) is 6.42 Å². The van der Waals surface area contributed by atoms with Crippen LogP contribution in [0.3, 0.4) is 0 Å². The van der Waals surface area contributed by atoms with Gasteiger partial charge in [0.1, 0.15) is 4.91 Å². The summed E-state index contributed by atoms with van der Waals surface area (Å²) in [7, 11) is -3.84.